The van der Waals surface area contributed by atoms with Crippen molar-refractivity contribution in [3.63, 3.8) is 0 Å². The van der Waals surface area contributed by atoms with E-state index < -0.39 is 21.5 Å². The molecule has 0 radical (unpaired) electrons. The zero-order chi connectivity index (χ0) is 15.6. The lowest BCUT2D eigenvalue weighted by molar-refractivity contribution is 0.0943. The van der Waals surface area contributed by atoms with Crippen LogP contribution in [-0.4, -0.2) is 33.5 Å². The van der Waals surface area contributed by atoms with Gasteiger partial charge in [-0.2, -0.15) is 0 Å². The Balaban J connectivity index is 3.11. The highest BCUT2D eigenvalue weighted by Gasteiger charge is 2.19. The Labute approximate surface area is 118 Å². The SMILES string of the molecule is COc1ccc(S(N)(=O)=O)cc1C(=O)NCC(C)(C)N. The molecule has 1 aromatic carbocycles. The fourth-order valence-corrected chi connectivity index (χ4v) is 1.98. The Kier molecular flexibility index (Phi) is 4.74. The Bertz CT molecular complexity index is 606. The summed E-state index contributed by atoms with van der Waals surface area (Å²) in [6.07, 6.45) is 0. The number of nitrogens with two attached hydrogens (primary N) is 2. The highest BCUT2D eigenvalue weighted by atomic mass is 32.2. The lowest BCUT2D eigenvalue weighted by Gasteiger charge is -2.19. The summed E-state index contributed by atoms with van der Waals surface area (Å²) in [4.78, 5) is 11.9. The minimum Gasteiger partial charge on any atom is -0.496 e. The predicted octanol–water partition coefficient (Wildman–Crippen LogP) is -0.190. The number of ether oxygens (including phenoxy) is 1. The Hall–Kier alpha value is -1.64. The number of benzene rings is 1. The van der Waals surface area contributed by atoms with Gasteiger partial charge in [0.15, 0.2) is 0 Å². The first-order valence-electron chi connectivity index (χ1n) is 5.82. The van der Waals surface area contributed by atoms with Gasteiger partial charge >= 0.3 is 0 Å². The first-order valence-corrected chi connectivity index (χ1v) is 7.37. The number of amides is 1. The van der Waals surface area contributed by atoms with E-state index in [4.69, 9.17) is 15.6 Å². The fourth-order valence-electron chi connectivity index (χ4n) is 1.44. The molecule has 1 amide bonds. The van der Waals surface area contributed by atoms with E-state index >= 15 is 0 Å². The van der Waals surface area contributed by atoms with E-state index in [0.29, 0.717) is 0 Å². The monoisotopic (exact) mass is 301 g/mol. The van der Waals surface area contributed by atoms with Crippen molar-refractivity contribution < 1.29 is 17.9 Å². The Morgan fingerprint density at radius 1 is 1.40 bits per heavy atom. The minimum absolute atomic E-state index is 0.0864. The Morgan fingerprint density at radius 2 is 2.00 bits per heavy atom. The molecule has 0 aliphatic rings. The summed E-state index contributed by atoms with van der Waals surface area (Å²) in [5.74, 6) is -0.226. The van der Waals surface area contributed by atoms with Crippen LogP contribution < -0.4 is 20.9 Å². The van der Waals surface area contributed by atoms with E-state index in [0.717, 1.165) is 0 Å². The van der Waals surface area contributed by atoms with Gasteiger partial charge in [-0.05, 0) is 32.0 Å². The molecule has 0 fully saturated rings. The molecular formula is C12H19N3O4S. The third-order valence-electron chi connectivity index (χ3n) is 2.45. The summed E-state index contributed by atoms with van der Waals surface area (Å²) >= 11 is 0. The van der Waals surface area contributed by atoms with Crippen LogP contribution in [0, 0.1) is 0 Å². The maximum absolute atomic E-state index is 12.1. The summed E-state index contributed by atoms with van der Waals surface area (Å²) in [7, 11) is -2.50. The van der Waals surface area contributed by atoms with E-state index in [2.05, 4.69) is 5.32 Å². The first kappa shape index (κ1) is 16.4. The summed E-state index contributed by atoms with van der Waals surface area (Å²) < 4.78 is 27.7. The largest absolute Gasteiger partial charge is 0.496 e. The van der Waals surface area contributed by atoms with Crippen LogP contribution in [0.15, 0.2) is 23.1 Å². The first-order chi connectivity index (χ1) is 9.04. The molecule has 7 nitrogen and oxygen atoms in total. The number of primary sulfonamides is 1. The van der Waals surface area contributed by atoms with Crippen molar-refractivity contribution in [3.8, 4) is 5.75 Å². The van der Waals surface area contributed by atoms with Crippen LogP contribution >= 0.6 is 0 Å². The number of nitrogens with one attached hydrogen (secondary N) is 1. The van der Waals surface area contributed by atoms with Gasteiger partial charge in [-0.25, -0.2) is 13.6 Å². The van der Waals surface area contributed by atoms with Gasteiger partial charge < -0.3 is 15.8 Å². The smallest absolute Gasteiger partial charge is 0.255 e. The van der Waals surface area contributed by atoms with Crippen molar-refractivity contribution >= 4 is 15.9 Å². The molecule has 0 aliphatic heterocycles. The normalized spacial score (nSPS) is 12.1. The second-order valence-corrected chi connectivity index (χ2v) is 6.64. The molecule has 1 aromatic rings. The number of rotatable bonds is 5. The number of sulfonamides is 1. The van der Waals surface area contributed by atoms with Crippen LogP contribution in [0.4, 0.5) is 0 Å². The summed E-state index contributed by atoms with van der Waals surface area (Å²) in [5.41, 5.74) is 5.27. The molecule has 8 heteroatoms. The molecule has 0 saturated carbocycles. The number of carbonyl (C=O) groups is 1. The molecule has 0 aliphatic carbocycles. The lowest BCUT2D eigenvalue weighted by Crippen LogP contribution is -2.45. The molecule has 20 heavy (non-hydrogen) atoms. The standard InChI is InChI=1S/C12H19N3O4S/c1-12(2,13)7-15-11(16)9-6-8(20(14,17)18)4-5-10(9)19-3/h4-6H,7,13H2,1-3H3,(H,15,16)(H2,14,17,18). The van der Waals surface area contributed by atoms with Gasteiger partial charge in [0, 0.05) is 12.1 Å². The molecule has 0 bridgehead atoms. The minimum atomic E-state index is -3.89. The third-order valence-corrected chi connectivity index (χ3v) is 3.36. The summed E-state index contributed by atoms with van der Waals surface area (Å²) in [5, 5.41) is 7.65. The van der Waals surface area contributed by atoms with Crippen LogP contribution in [-0.2, 0) is 10.0 Å². The molecule has 112 valence electrons. The molecule has 0 aromatic heterocycles. The molecule has 0 unspecified atom stereocenters. The number of methoxy groups -OCH3 is 1. The Morgan fingerprint density at radius 3 is 2.45 bits per heavy atom. The maximum atomic E-state index is 12.1. The van der Waals surface area contributed by atoms with Gasteiger partial charge in [0.1, 0.15) is 5.75 Å². The molecule has 0 atom stereocenters. The van der Waals surface area contributed by atoms with Gasteiger partial charge in [0.25, 0.3) is 5.91 Å². The molecule has 0 saturated heterocycles. The van der Waals surface area contributed by atoms with Crippen LogP contribution in [0.1, 0.15) is 24.2 Å². The molecule has 0 spiro atoms. The van der Waals surface area contributed by atoms with Gasteiger partial charge in [0.05, 0.1) is 17.6 Å². The van der Waals surface area contributed by atoms with Gasteiger partial charge in [0.2, 0.25) is 10.0 Å². The van der Waals surface area contributed by atoms with Crippen LogP contribution in [0.2, 0.25) is 0 Å². The van der Waals surface area contributed by atoms with Crippen molar-refractivity contribution in [3.05, 3.63) is 23.8 Å². The predicted molar refractivity (Wildman–Crippen MR) is 75.0 cm³/mol. The van der Waals surface area contributed by atoms with Crippen molar-refractivity contribution in [1.82, 2.24) is 5.32 Å². The van der Waals surface area contributed by atoms with Gasteiger partial charge in [-0.3, -0.25) is 4.79 Å². The van der Waals surface area contributed by atoms with Crippen LogP contribution in [0.3, 0.4) is 0 Å². The second kappa shape index (κ2) is 5.78. The number of hydrogen-bond acceptors (Lipinski definition) is 5. The average molecular weight is 301 g/mol. The van der Waals surface area contributed by atoms with Crippen molar-refractivity contribution in [1.29, 1.82) is 0 Å². The molecular weight excluding hydrogens is 282 g/mol. The van der Waals surface area contributed by atoms with Gasteiger partial charge in [-0.15, -0.1) is 0 Å². The molecule has 5 N–H and O–H groups in total. The van der Waals surface area contributed by atoms with E-state index in [1.165, 1.54) is 25.3 Å². The summed E-state index contributed by atoms with van der Waals surface area (Å²) in [6, 6.07) is 3.83. The van der Waals surface area contributed by atoms with Crippen molar-refractivity contribution in [2.45, 2.75) is 24.3 Å². The van der Waals surface area contributed by atoms with E-state index in [1.54, 1.807) is 13.8 Å². The fraction of sp³-hybridized carbons (Fsp3) is 0.417. The second-order valence-electron chi connectivity index (χ2n) is 5.08. The van der Waals surface area contributed by atoms with E-state index in [-0.39, 0.29) is 22.8 Å². The zero-order valence-corrected chi connectivity index (χ0v) is 12.5. The van der Waals surface area contributed by atoms with Crippen molar-refractivity contribution in [2.75, 3.05) is 13.7 Å². The highest BCUT2D eigenvalue weighted by Crippen LogP contribution is 2.21. The molecule has 0 heterocycles. The highest BCUT2D eigenvalue weighted by molar-refractivity contribution is 7.89. The third kappa shape index (κ3) is 4.48. The lowest BCUT2D eigenvalue weighted by atomic mass is 10.1. The zero-order valence-electron chi connectivity index (χ0n) is 11.6. The van der Waals surface area contributed by atoms with Crippen LogP contribution in [0.5, 0.6) is 5.75 Å². The average Bonchev–Trinajstić information content (AvgIpc) is 2.33. The maximum Gasteiger partial charge on any atom is 0.255 e. The van der Waals surface area contributed by atoms with E-state index in [1.807, 2.05) is 0 Å². The molecule has 1 rings (SSSR count). The van der Waals surface area contributed by atoms with Crippen molar-refractivity contribution in [2.24, 2.45) is 10.9 Å². The van der Waals surface area contributed by atoms with E-state index in [9.17, 15) is 13.2 Å². The number of carbonyl (C=O) groups excluding carboxylic acids is 1. The quantitative estimate of drug-likeness (QED) is 0.695. The van der Waals surface area contributed by atoms with Gasteiger partial charge in [-0.1, -0.05) is 0 Å². The topological polar surface area (TPSA) is 125 Å². The number of hydrogen-bond donors (Lipinski definition) is 3. The summed E-state index contributed by atoms with van der Waals surface area (Å²) in [6.45, 7) is 3.74. The van der Waals surface area contributed by atoms with Crippen LogP contribution in [0.25, 0.3) is 0 Å².